The van der Waals surface area contributed by atoms with Crippen LogP contribution in [0.2, 0.25) is 0 Å². The van der Waals surface area contributed by atoms with Gasteiger partial charge in [0.2, 0.25) is 0 Å². The van der Waals surface area contributed by atoms with Crippen molar-refractivity contribution in [2.24, 2.45) is 0 Å². The fraction of sp³-hybridized carbons (Fsp3) is 0.562. The van der Waals surface area contributed by atoms with Crippen molar-refractivity contribution >= 4 is 11.9 Å². The summed E-state index contributed by atoms with van der Waals surface area (Å²) in [5.41, 5.74) is 1.50. The van der Waals surface area contributed by atoms with Gasteiger partial charge in [-0.05, 0) is 45.9 Å². The summed E-state index contributed by atoms with van der Waals surface area (Å²) in [6.45, 7) is 24.2. The molecule has 0 radical (unpaired) electrons. The summed E-state index contributed by atoms with van der Waals surface area (Å²) in [4.78, 5) is 26.6. The van der Waals surface area contributed by atoms with Crippen molar-refractivity contribution in [1.29, 1.82) is 0 Å². The molecule has 0 fully saturated rings. The van der Waals surface area contributed by atoms with E-state index in [4.69, 9.17) is 18.9 Å². The molecule has 38 heavy (non-hydrogen) atoms. The second-order valence-corrected chi connectivity index (χ2v) is 13.9. The lowest BCUT2D eigenvalue weighted by Crippen LogP contribution is -2.30. The summed E-state index contributed by atoms with van der Waals surface area (Å²) in [5, 5.41) is 0. The van der Waals surface area contributed by atoms with Gasteiger partial charge >= 0.3 is 11.9 Å². The van der Waals surface area contributed by atoms with Crippen molar-refractivity contribution in [3.05, 3.63) is 46.5 Å². The molecule has 0 aliphatic carbocycles. The summed E-state index contributed by atoms with van der Waals surface area (Å²) in [6.07, 6.45) is 0. The summed E-state index contributed by atoms with van der Waals surface area (Å²) in [7, 11) is 3.21. The van der Waals surface area contributed by atoms with Crippen molar-refractivity contribution in [1.82, 2.24) is 0 Å². The van der Waals surface area contributed by atoms with E-state index in [1.54, 1.807) is 14.2 Å². The highest BCUT2D eigenvalue weighted by atomic mass is 16.6. The Bertz CT molecular complexity index is 1030. The van der Waals surface area contributed by atoms with Gasteiger partial charge in [-0.1, -0.05) is 83.1 Å². The van der Waals surface area contributed by atoms with Crippen LogP contribution in [0.1, 0.15) is 105 Å². The van der Waals surface area contributed by atoms with Crippen LogP contribution in [0.4, 0.5) is 0 Å². The highest BCUT2D eigenvalue weighted by Gasteiger charge is 2.34. The van der Waals surface area contributed by atoms with Crippen LogP contribution in [0.5, 0.6) is 23.0 Å². The average Bonchev–Trinajstić information content (AvgIpc) is 2.75. The van der Waals surface area contributed by atoms with Gasteiger partial charge in [0, 0.05) is 22.3 Å². The Morgan fingerprint density at radius 3 is 0.842 bits per heavy atom. The minimum Gasteiger partial charge on any atom is -0.497 e. The Hall–Kier alpha value is -3.02. The van der Waals surface area contributed by atoms with Gasteiger partial charge in [-0.15, -0.1) is 0 Å². The number of methoxy groups -OCH3 is 2. The predicted octanol–water partition coefficient (Wildman–Crippen LogP) is 7.40. The lowest BCUT2D eigenvalue weighted by molar-refractivity contribution is -0.156. The molecule has 0 saturated heterocycles. The normalized spacial score (nSPS) is 12.7. The zero-order chi connectivity index (χ0) is 29.4. The number of carbonyl (C=O) groups is 2. The first-order chi connectivity index (χ1) is 17.1. The lowest BCUT2D eigenvalue weighted by atomic mass is 9.79. The number of benzene rings is 2. The second-order valence-electron chi connectivity index (χ2n) is 13.9. The molecular weight excluding hydrogens is 480 g/mol. The minimum atomic E-state index is -1.08. The van der Waals surface area contributed by atoms with Gasteiger partial charge in [0.1, 0.15) is 23.0 Å². The van der Waals surface area contributed by atoms with Crippen molar-refractivity contribution in [2.45, 2.75) is 105 Å². The molecule has 0 aromatic heterocycles. The number of hydrogen-bond donors (Lipinski definition) is 0. The third-order valence-corrected chi connectivity index (χ3v) is 6.38. The lowest BCUT2D eigenvalue weighted by Gasteiger charge is -2.30. The Morgan fingerprint density at radius 2 is 0.684 bits per heavy atom. The zero-order valence-corrected chi connectivity index (χ0v) is 25.8. The maximum atomic E-state index is 13.3. The topological polar surface area (TPSA) is 71.1 Å². The third-order valence-electron chi connectivity index (χ3n) is 6.38. The maximum Gasteiger partial charge on any atom is 0.423 e. The quantitative estimate of drug-likeness (QED) is 0.235. The highest BCUT2D eigenvalue weighted by Crippen LogP contribution is 2.44. The van der Waals surface area contributed by atoms with Crippen LogP contribution in [0.3, 0.4) is 0 Å². The van der Waals surface area contributed by atoms with Gasteiger partial charge in [0.05, 0.1) is 14.2 Å². The largest absolute Gasteiger partial charge is 0.497 e. The van der Waals surface area contributed by atoms with Gasteiger partial charge in [0.15, 0.2) is 0 Å². The molecule has 6 nitrogen and oxygen atoms in total. The van der Waals surface area contributed by atoms with E-state index >= 15 is 0 Å². The Labute approximate surface area is 229 Å². The van der Waals surface area contributed by atoms with E-state index < -0.39 is 11.9 Å². The Balaban J connectivity index is 2.64. The van der Waals surface area contributed by atoms with E-state index in [1.165, 1.54) is 0 Å². The van der Waals surface area contributed by atoms with Gasteiger partial charge in [-0.25, -0.2) is 9.59 Å². The zero-order valence-electron chi connectivity index (χ0n) is 25.8. The summed E-state index contributed by atoms with van der Waals surface area (Å²) < 4.78 is 22.8. The first kappa shape index (κ1) is 31.2. The molecule has 0 bridgehead atoms. The smallest absolute Gasteiger partial charge is 0.423 e. The van der Waals surface area contributed by atoms with E-state index in [9.17, 15) is 9.59 Å². The van der Waals surface area contributed by atoms with E-state index in [-0.39, 0.29) is 21.7 Å². The minimum absolute atomic E-state index is 0.356. The van der Waals surface area contributed by atoms with Gasteiger partial charge in [-0.2, -0.15) is 0 Å². The summed E-state index contributed by atoms with van der Waals surface area (Å²) in [5.74, 6) is -0.136. The van der Waals surface area contributed by atoms with Gasteiger partial charge in [0.25, 0.3) is 0 Å². The molecule has 0 amide bonds. The first-order valence-corrected chi connectivity index (χ1v) is 13.0. The van der Waals surface area contributed by atoms with Crippen molar-refractivity contribution in [2.75, 3.05) is 14.2 Å². The molecule has 6 heteroatoms. The van der Waals surface area contributed by atoms with Crippen LogP contribution in [0, 0.1) is 0 Å². The summed E-state index contributed by atoms with van der Waals surface area (Å²) in [6, 6.07) is 7.40. The molecule has 2 rings (SSSR count). The molecule has 0 unspecified atom stereocenters. The van der Waals surface area contributed by atoms with Crippen LogP contribution in [0.15, 0.2) is 24.3 Å². The molecule has 0 heterocycles. The Kier molecular flexibility index (Phi) is 8.72. The second kappa shape index (κ2) is 10.6. The molecule has 2 aromatic rings. The predicted molar refractivity (Wildman–Crippen MR) is 152 cm³/mol. The molecule has 0 aliphatic heterocycles. The summed E-state index contributed by atoms with van der Waals surface area (Å²) >= 11 is 0. The van der Waals surface area contributed by atoms with Crippen molar-refractivity contribution < 1.29 is 28.5 Å². The van der Waals surface area contributed by atoms with Crippen LogP contribution < -0.4 is 18.9 Å². The van der Waals surface area contributed by atoms with E-state index in [2.05, 4.69) is 0 Å². The molecule has 0 aliphatic rings. The van der Waals surface area contributed by atoms with Crippen LogP contribution in [-0.4, -0.2) is 26.2 Å². The van der Waals surface area contributed by atoms with Gasteiger partial charge < -0.3 is 18.9 Å². The third kappa shape index (κ3) is 7.09. The standard InChI is InChI=1S/C32H46O6/c1-29(2,3)21-15-19(35-13)16-22(30(4,5)6)25(21)37-27(33)28(34)38-26-23(31(7,8)9)17-20(36-14)18-24(26)32(10,11)12/h15-18H,1-14H3. The molecule has 0 spiro atoms. The van der Waals surface area contributed by atoms with Crippen LogP contribution in [-0.2, 0) is 31.2 Å². The average molecular weight is 527 g/mol. The number of carbonyl (C=O) groups excluding carboxylic acids is 2. The first-order valence-electron chi connectivity index (χ1n) is 13.0. The molecule has 210 valence electrons. The van der Waals surface area contributed by atoms with E-state index in [0.717, 1.165) is 22.3 Å². The van der Waals surface area contributed by atoms with Crippen molar-refractivity contribution in [3.8, 4) is 23.0 Å². The van der Waals surface area contributed by atoms with E-state index in [1.807, 2.05) is 107 Å². The van der Waals surface area contributed by atoms with Gasteiger partial charge in [-0.3, -0.25) is 0 Å². The molecule has 2 aromatic carbocycles. The highest BCUT2D eigenvalue weighted by molar-refractivity contribution is 6.31. The molecule has 0 saturated carbocycles. The number of rotatable bonds is 4. The maximum absolute atomic E-state index is 13.3. The van der Waals surface area contributed by atoms with Crippen molar-refractivity contribution in [3.63, 3.8) is 0 Å². The SMILES string of the molecule is COc1cc(C(C)(C)C)c(OC(=O)C(=O)Oc2c(C(C)(C)C)cc(OC)cc2C(C)(C)C)c(C(C)(C)C)c1. The number of hydrogen-bond acceptors (Lipinski definition) is 6. The fourth-order valence-corrected chi connectivity index (χ4v) is 4.16. The molecular formula is C32H46O6. The Morgan fingerprint density at radius 1 is 0.474 bits per heavy atom. The fourth-order valence-electron chi connectivity index (χ4n) is 4.16. The molecule has 0 N–H and O–H groups in total. The molecule has 0 atom stereocenters. The van der Waals surface area contributed by atoms with E-state index in [0.29, 0.717) is 23.0 Å². The number of esters is 2. The monoisotopic (exact) mass is 526 g/mol. The number of ether oxygens (including phenoxy) is 4. The van der Waals surface area contributed by atoms with Crippen LogP contribution in [0.25, 0.3) is 0 Å². The van der Waals surface area contributed by atoms with Crippen LogP contribution >= 0.6 is 0 Å².